The summed E-state index contributed by atoms with van der Waals surface area (Å²) < 4.78 is 0. The number of hydrogen-bond acceptors (Lipinski definition) is 4. The summed E-state index contributed by atoms with van der Waals surface area (Å²) >= 11 is 0. The van der Waals surface area contributed by atoms with Crippen LogP contribution in [0.2, 0.25) is 0 Å². The van der Waals surface area contributed by atoms with Gasteiger partial charge in [-0.15, -0.1) is 0 Å². The van der Waals surface area contributed by atoms with Crippen molar-refractivity contribution in [2.45, 2.75) is 50.4 Å². The van der Waals surface area contributed by atoms with Crippen LogP contribution in [0.15, 0.2) is 0 Å². The topological polar surface area (TPSA) is 80.9 Å². The summed E-state index contributed by atoms with van der Waals surface area (Å²) in [5.74, 6) is -0.150. The predicted octanol–water partition coefficient (Wildman–Crippen LogP) is -0.358. The first-order valence-electron chi connectivity index (χ1n) is 5.03. The second kappa shape index (κ2) is 3.77. The molecule has 1 saturated carbocycles. The summed E-state index contributed by atoms with van der Waals surface area (Å²) in [5.41, 5.74) is -2.21. The van der Waals surface area contributed by atoms with E-state index in [9.17, 15) is 15.3 Å². The quantitative estimate of drug-likeness (QED) is 0.495. The maximum Gasteiger partial charge on any atom is 0.0878 e. The van der Waals surface area contributed by atoms with Crippen molar-refractivity contribution in [2.75, 3.05) is 6.61 Å². The zero-order chi connectivity index (χ0) is 11.0. The predicted molar refractivity (Wildman–Crippen MR) is 51.7 cm³/mol. The minimum Gasteiger partial charge on any atom is -0.393 e. The summed E-state index contributed by atoms with van der Waals surface area (Å²) in [6.07, 6.45) is 0.590. The summed E-state index contributed by atoms with van der Waals surface area (Å²) in [4.78, 5) is 0. The molecule has 4 N–H and O–H groups in total. The summed E-state index contributed by atoms with van der Waals surface area (Å²) in [5, 5.41) is 38.1. The van der Waals surface area contributed by atoms with E-state index in [2.05, 4.69) is 0 Å². The second-order valence-electron chi connectivity index (χ2n) is 4.86. The molecule has 0 radical (unpaired) electrons. The molecule has 0 aliphatic heterocycles. The van der Waals surface area contributed by atoms with Crippen molar-refractivity contribution in [3.63, 3.8) is 0 Å². The standard InChI is InChI=1S/C10H20O4/c1-9(13)4-3-7(5-8(9)12)10(2,14)6-11/h7-8,11-14H,3-6H2,1-2H3/t7-,8-,9+,10-/m0/s1. The van der Waals surface area contributed by atoms with E-state index < -0.39 is 17.3 Å². The molecule has 0 aromatic rings. The van der Waals surface area contributed by atoms with Crippen molar-refractivity contribution in [1.29, 1.82) is 0 Å². The van der Waals surface area contributed by atoms with Crippen molar-refractivity contribution >= 4 is 0 Å². The third kappa shape index (κ3) is 2.25. The van der Waals surface area contributed by atoms with Crippen LogP contribution in [-0.4, -0.2) is 44.3 Å². The van der Waals surface area contributed by atoms with E-state index in [0.717, 1.165) is 0 Å². The zero-order valence-corrected chi connectivity index (χ0v) is 8.77. The van der Waals surface area contributed by atoms with E-state index in [0.29, 0.717) is 19.3 Å². The van der Waals surface area contributed by atoms with Gasteiger partial charge in [-0.3, -0.25) is 0 Å². The second-order valence-corrected chi connectivity index (χ2v) is 4.86. The average molecular weight is 204 g/mol. The van der Waals surface area contributed by atoms with Crippen LogP contribution in [-0.2, 0) is 0 Å². The third-order valence-corrected chi connectivity index (χ3v) is 3.42. The minimum atomic E-state index is -1.16. The molecule has 0 bridgehead atoms. The molecule has 84 valence electrons. The van der Waals surface area contributed by atoms with Crippen LogP contribution in [0.3, 0.4) is 0 Å². The maximum atomic E-state index is 9.79. The fourth-order valence-electron chi connectivity index (χ4n) is 1.97. The molecule has 0 amide bonds. The van der Waals surface area contributed by atoms with E-state index in [-0.39, 0.29) is 12.5 Å². The summed E-state index contributed by atoms with van der Waals surface area (Å²) in [6.45, 7) is 2.85. The fraction of sp³-hybridized carbons (Fsp3) is 1.00. The molecular weight excluding hydrogens is 184 g/mol. The molecule has 1 rings (SSSR count). The molecule has 4 nitrogen and oxygen atoms in total. The highest BCUT2D eigenvalue weighted by molar-refractivity contribution is 4.95. The largest absolute Gasteiger partial charge is 0.393 e. The Bertz CT molecular complexity index is 200. The number of rotatable bonds is 2. The molecule has 0 aromatic carbocycles. The van der Waals surface area contributed by atoms with E-state index >= 15 is 0 Å². The molecule has 4 atom stereocenters. The van der Waals surface area contributed by atoms with Crippen molar-refractivity contribution in [2.24, 2.45) is 5.92 Å². The third-order valence-electron chi connectivity index (χ3n) is 3.42. The van der Waals surface area contributed by atoms with Crippen molar-refractivity contribution in [3.8, 4) is 0 Å². The first-order valence-corrected chi connectivity index (χ1v) is 5.03. The first-order chi connectivity index (χ1) is 6.29. The van der Waals surface area contributed by atoms with Gasteiger partial charge >= 0.3 is 0 Å². The Hall–Kier alpha value is -0.160. The molecule has 0 unspecified atom stereocenters. The number of hydrogen-bond donors (Lipinski definition) is 4. The van der Waals surface area contributed by atoms with Gasteiger partial charge in [0.2, 0.25) is 0 Å². The molecule has 1 fully saturated rings. The van der Waals surface area contributed by atoms with Crippen LogP contribution < -0.4 is 0 Å². The summed E-state index contributed by atoms with van der Waals surface area (Å²) in [7, 11) is 0. The Morgan fingerprint density at radius 2 is 2.07 bits per heavy atom. The van der Waals surface area contributed by atoms with Crippen molar-refractivity contribution < 1.29 is 20.4 Å². The van der Waals surface area contributed by atoms with Gasteiger partial charge in [-0.05, 0) is 39.0 Å². The number of aliphatic hydroxyl groups is 4. The molecule has 14 heavy (non-hydrogen) atoms. The maximum absolute atomic E-state index is 9.79. The van der Waals surface area contributed by atoms with Crippen LogP contribution in [0, 0.1) is 5.92 Å². The van der Waals surface area contributed by atoms with Gasteiger partial charge < -0.3 is 20.4 Å². The highest BCUT2D eigenvalue weighted by atomic mass is 16.3. The van der Waals surface area contributed by atoms with Crippen LogP contribution in [0.4, 0.5) is 0 Å². The Balaban J connectivity index is 2.63. The van der Waals surface area contributed by atoms with E-state index in [4.69, 9.17) is 5.11 Å². The first kappa shape index (κ1) is 11.9. The molecule has 0 heterocycles. The van der Waals surface area contributed by atoms with Crippen LogP contribution >= 0.6 is 0 Å². The molecular formula is C10H20O4. The van der Waals surface area contributed by atoms with Crippen LogP contribution in [0.5, 0.6) is 0 Å². The lowest BCUT2D eigenvalue weighted by Gasteiger charge is -2.42. The van der Waals surface area contributed by atoms with Gasteiger partial charge in [-0.2, -0.15) is 0 Å². The highest BCUT2D eigenvalue weighted by Crippen LogP contribution is 2.37. The van der Waals surface area contributed by atoms with Gasteiger partial charge in [0, 0.05) is 0 Å². The monoisotopic (exact) mass is 204 g/mol. The van der Waals surface area contributed by atoms with Crippen LogP contribution in [0.1, 0.15) is 33.1 Å². The Kier molecular flexibility index (Phi) is 3.21. The van der Waals surface area contributed by atoms with Gasteiger partial charge in [0.25, 0.3) is 0 Å². The Morgan fingerprint density at radius 1 is 1.50 bits per heavy atom. The molecule has 0 aromatic heterocycles. The van der Waals surface area contributed by atoms with E-state index in [1.165, 1.54) is 0 Å². The molecule has 0 spiro atoms. The number of aliphatic hydroxyl groups excluding tert-OH is 2. The average Bonchev–Trinajstić information content (AvgIpc) is 2.09. The highest BCUT2D eigenvalue weighted by Gasteiger charge is 2.43. The van der Waals surface area contributed by atoms with Gasteiger partial charge in [0.15, 0.2) is 0 Å². The lowest BCUT2D eigenvalue weighted by atomic mass is 9.71. The Morgan fingerprint density at radius 3 is 2.50 bits per heavy atom. The van der Waals surface area contributed by atoms with Gasteiger partial charge in [0.05, 0.1) is 23.9 Å². The summed E-state index contributed by atoms with van der Waals surface area (Å²) in [6, 6.07) is 0. The lowest BCUT2D eigenvalue weighted by molar-refractivity contribution is -0.139. The SMILES string of the molecule is C[C@](O)(CO)[C@H]1CC[C@@](C)(O)[C@@H](O)C1. The van der Waals surface area contributed by atoms with E-state index in [1.54, 1.807) is 13.8 Å². The van der Waals surface area contributed by atoms with Crippen molar-refractivity contribution in [1.82, 2.24) is 0 Å². The molecule has 1 aliphatic carbocycles. The molecule has 4 heteroatoms. The van der Waals surface area contributed by atoms with Gasteiger partial charge in [0.1, 0.15) is 0 Å². The fourth-order valence-corrected chi connectivity index (χ4v) is 1.97. The van der Waals surface area contributed by atoms with Gasteiger partial charge in [-0.25, -0.2) is 0 Å². The Labute approximate surface area is 84.2 Å². The smallest absolute Gasteiger partial charge is 0.0878 e. The van der Waals surface area contributed by atoms with Crippen LogP contribution in [0.25, 0.3) is 0 Å². The van der Waals surface area contributed by atoms with E-state index in [1.807, 2.05) is 0 Å². The molecule has 1 aliphatic rings. The molecule has 0 saturated heterocycles. The zero-order valence-electron chi connectivity index (χ0n) is 8.77. The lowest BCUT2D eigenvalue weighted by Crippen LogP contribution is -2.50. The van der Waals surface area contributed by atoms with Crippen molar-refractivity contribution in [3.05, 3.63) is 0 Å². The normalized spacial score (nSPS) is 43.3. The van der Waals surface area contributed by atoms with Gasteiger partial charge in [-0.1, -0.05) is 0 Å². The minimum absolute atomic E-state index is 0.150.